The predicted molar refractivity (Wildman–Crippen MR) is 124 cm³/mol. The number of guanidine groups is 1. The lowest BCUT2D eigenvalue weighted by molar-refractivity contribution is 0.219. The molecule has 168 valence electrons. The summed E-state index contributed by atoms with van der Waals surface area (Å²) >= 11 is 0. The molecule has 6 nitrogen and oxygen atoms in total. The lowest BCUT2D eigenvalue weighted by Gasteiger charge is -2.34. The third kappa shape index (κ3) is 6.77. The molecular formula is C24H33FN4O2. The minimum absolute atomic E-state index is 0.0958. The summed E-state index contributed by atoms with van der Waals surface area (Å²) in [5.74, 6) is 2.04. The summed E-state index contributed by atoms with van der Waals surface area (Å²) < 4.78 is 24.9. The number of aliphatic imine (C=N–C) groups is 1. The van der Waals surface area contributed by atoms with Crippen molar-refractivity contribution < 1.29 is 13.9 Å². The van der Waals surface area contributed by atoms with Crippen LogP contribution in [0.2, 0.25) is 0 Å². The van der Waals surface area contributed by atoms with Gasteiger partial charge in [-0.05, 0) is 57.0 Å². The molecule has 1 atom stereocenters. The highest BCUT2D eigenvalue weighted by Crippen LogP contribution is 2.26. The number of hydrogen-bond donors (Lipinski definition) is 2. The topological polar surface area (TPSA) is 58.1 Å². The molecule has 3 rings (SSSR count). The number of hydrogen-bond acceptors (Lipinski definition) is 4. The second kappa shape index (κ2) is 11.4. The van der Waals surface area contributed by atoms with Crippen molar-refractivity contribution >= 4 is 11.6 Å². The molecule has 7 heteroatoms. The minimum Gasteiger partial charge on any atom is -0.493 e. The maximum Gasteiger partial charge on any atom is 0.191 e. The first-order valence-electron chi connectivity index (χ1n) is 10.9. The fourth-order valence-corrected chi connectivity index (χ4v) is 3.66. The number of methoxy groups -OCH3 is 1. The quantitative estimate of drug-likeness (QED) is 0.494. The van der Waals surface area contributed by atoms with Crippen molar-refractivity contribution in [3.8, 4) is 11.5 Å². The van der Waals surface area contributed by atoms with Crippen LogP contribution in [0.25, 0.3) is 0 Å². The number of nitrogens with zero attached hydrogens (tertiary/aromatic N) is 2. The Kier molecular flexibility index (Phi) is 8.38. The fraction of sp³-hybridized carbons (Fsp3) is 0.458. The van der Waals surface area contributed by atoms with Gasteiger partial charge in [0.1, 0.15) is 11.9 Å². The molecule has 2 aromatic carbocycles. The summed E-state index contributed by atoms with van der Waals surface area (Å²) in [5, 5.41) is 6.86. The van der Waals surface area contributed by atoms with E-state index in [1.165, 1.54) is 6.07 Å². The molecule has 1 saturated heterocycles. The summed E-state index contributed by atoms with van der Waals surface area (Å²) in [7, 11) is 1.64. The molecule has 0 spiro atoms. The van der Waals surface area contributed by atoms with E-state index in [4.69, 9.17) is 14.5 Å². The standard InChI is InChI=1S/C24H33FN4O2/c1-4-26-24(27-17-18(2)31-23-11-6-5-10-22(23)30-3)28-20-12-14-29(15-13-20)21-9-7-8-19(25)16-21/h5-11,16,18,20H,4,12-15,17H2,1-3H3,(H2,26,27,28). The van der Waals surface area contributed by atoms with Gasteiger partial charge >= 0.3 is 0 Å². The van der Waals surface area contributed by atoms with E-state index >= 15 is 0 Å². The van der Waals surface area contributed by atoms with Gasteiger partial charge in [0.2, 0.25) is 0 Å². The molecule has 31 heavy (non-hydrogen) atoms. The summed E-state index contributed by atoms with van der Waals surface area (Å²) in [4.78, 5) is 6.94. The van der Waals surface area contributed by atoms with Crippen LogP contribution in [0.4, 0.5) is 10.1 Å². The highest BCUT2D eigenvalue weighted by Gasteiger charge is 2.20. The zero-order chi connectivity index (χ0) is 22.1. The van der Waals surface area contributed by atoms with Crippen LogP contribution in [0.15, 0.2) is 53.5 Å². The van der Waals surface area contributed by atoms with Gasteiger partial charge in [0.05, 0.1) is 13.7 Å². The number of ether oxygens (including phenoxy) is 2. The van der Waals surface area contributed by atoms with Gasteiger partial charge in [-0.3, -0.25) is 0 Å². The number of halogens is 1. The number of anilines is 1. The fourth-order valence-electron chi connectivity index (χ4n) is 3.66. The summed E-state index contributed by atoms with van der Waals surface area (Å²) in [6.07, 6.45) is 1.84. The maximum absolute atomic E-state index is 13.5. The van der Waals surface area contributed by atoms with E-state index in [9.17, 15) is 4.39 Å². The zero-order valence-corrected chi connectivity index (χ0v) is 18.6. The van der Waals surface area contributed by atoms with Crippen molar-refractivity contribution in [2.75, 3.05) is 38.2 Å². The lowest BCUT2D eigenvalue weighted by atomic mass is 10.0. The van der Waals surface area contributed by atoms with Gasteiger partial charge in [0.15, 0.2) is 17.5 Å². The Balaban J connectivity index is 1.51. The van der Waals surface area contributed by atoms with Crippen molar-refractivity contribution in [3.05, 3.63) is 54.3 Å². The van der Waals surface area contributed by atoms with E-state index in [1.54, 1.807) is 19.2 Å². The number of benzene rings is 2. The third-order valence-corrected chi connectivity index (χ3v) is 5.26. The van der Waals surface area contributed by atoms with Crippen molar-refractivity contribution in [2.24, 2.45) is 4.99 Å². The Morgan fingerprint density at radius 1 is 1.16 bits per heavy atom. The molecule has 0 saturated carbocycles. The molecule has 1 unspecified atom stereocenters. The predicted octanol–water partition coefficient (Wildman–Crippen LogP) is 3.83. The van der Waals surface area contributed by atoms with E-state index in [0.29, 0.717) is 18.3 Å². The van der Waals surface area contributed by atoms with E-state index < -0.39 is 0 Å². The lowest BCUT2D eigenvalue weighted by Crippen LogP contribution is -2.49. The second-order valence-electron chi connectivity index (χ2n) is 7.68. The molecule has 0 aromatic heterocycles. The minimum atomic E-state index is -0.191. The van der Waals surface area contributed by atoms with Gasteiger partial charge < -0.3 is 25.0 Å². The Morgan fingerprint density at radius 3 is 2.58 bits per heavy atom. The largest absolute Gasteiger partial charge is 0.493 e. The third-order valence-electron chi connectivity index (χ3n) is 5.26. The van der Waals surface area contributed by atoms with Crippen LogP contribution < -0.4 is 25.0 Å². The van der Waals surface area contributed by atoms with Crippen LogP contribution in [0, 0.1) is 5.82 Å². The Labute approximate surface area is 184 Å². The highest BCUT2D eigenvalue weighted by atomic mass is 19.1. The van der Waals surface area contributed by atoms with Crippen molar-refractivity contribution in [2.45, 2.75) is 38.8 Å². The van der Waals surface area contributed by atoms with E-state index in [0.717, 1.165) is 49.9 Å². The van der Waals surface area contributed by atoms with Gasteiger partial charge in [-0.25, -0.2) is 9.38 Å². The Bertz CT molecular complexity index is 853. The molecule has 0 aliphatic carbocycles. The van der Waals surface area contributed by atoms with Gasteiger partial charge in [0.25, 0.3) is 0 Å². The van der Waals surface area contributed by atoms with Crippen LogP contribution in [0.5, 0.6) is 11.5 Å². The molecule has 1 aliphatic heterocycles. The van der Waals surface area contributed by atoms with Gasteiger partial charge in [-0.2, -0.15) is 0 Å². The molecule has 2 N–H and O–H groups in total. The SMILES string of the molecule is CCNC(=NCC(C)Oc1ccccc1OC)NC1CCN(c2cccc(F)c2)CC1. The summed E-state index contributed by atoms with van der Waals surface area (Å²) in [5.41, 5.74) is 0.946. The Morgan fingerprint density at radius 2 is 1.90 bits per heavy atom. The van der Waals surface area contributed by atoms with E-state index in [2.05, 4.69) is 22.5 Å². The molecular weight excluding hydrogens is 395 g/mol. The second-order valence-corrected chi connectivity index (χ2v) is 7.68. The van der Waals surface area contributed by atoms with E-state index in [-0.39, 0.29) is 11.9 Å². The first-order chi connectivity index (χ1) is 15.1. The molecule has 1 aliphatic rings. The van der Waals surface area contributed by atoms with Crippen molar-refractivity contribution in [1.82, 2.24) is 10.6 Å². The van der Waals surface area contributed by atoms with E-state index in [1.807, 2.05) is 37.3 Å². The van der Waals surface area contributed by atoms with Crippen LogP contribution in [0.1, 0.15) is 26.7 Å². The van der Waals surface area contributed by atoms with Crippen molar-refractivity contribution in [3.63, 3.8) is 0 Å². The zero-order valence-electron chi connectivity index (χ0n) is 18.6. The normalized spacial score (nSPS) is 16.0. The molecule has 1 fully saturated rings. The molecule has 0 amide bonds. The average molecular weight is 429 g/mol. The first-order valence-corrected chi connectivity index (χ1v) is 10.9. The highest BCUT2D eigenvalue weighted by molar-refractivity contribution is 5.80. The number of nitrogens with one attached hydrogen (secondary N) is 2. The Hall–Kier alpha value is -2.96. The molecule has 0 bridgehead atoms. The smallest absolute Gasteiger partial charge is 0.191 e. The van der Waals surface area contributed by atoms with Gasteiger partial charge in [-0.15, -0.1) is 0 Å². The van der Waals surface area contributed by atoms with Crippen LogP contribution in [0.3, 0.4) is 0 Å². The number of para-hydroxylation sites is 2. The summed E-state index contributed by atoms with van der Waals surface area (Å²) in [6.45, 7) is 7.13. The maximum atomic E-state index is 13.5. The number of rotatable bonds is 8. The van der Waals surface area contributed by atoms with Crippen LogP contribution in [-0.2, 0) is 0 Å². The summed E-state index contributed by atoms with van der Waals surface area (Å²) in [6, 6.07) is 14.8. The number of piperidine rings is 1. The van der Waals surface area contributed by atoms with Gasteiger partial charge in [-0.1, -0.05) is 18.2 Å². The van der Waals surface area contributed by atoms with Crippen molar-refractivity contribution in [1.29, 1.82) is 0 Å². The van der Waals surface area contributed by atoms with Crippen LogP contribution in [-0.4, -0.2) is 51.4 Å². The van der Waals surface area contributed by atoms with Gasteiger partial charge in [0, 0.05) is 31.4 Å². The molecule has 2 aromatic rings. The average Bonchev–Trinajstić information content (AvgIpc) is 2.78. The molecule has 1 heterocycles. The molecule has 0 radical (unpaired) electrons. The first kappa shape index (κ1) is 22.7. The van der Waals surface area contributed by atoms with Crippen LogP contribution >= 0.6 is 0 Å². The monoisotopic (exact) mass is 428 g/mol.